The highest BCUT2D eigenvalue weighted by atomic mass is 19.4. The average Bonchev–Trinajstić information content (AvgIpc) is 2.61. The van der Waals surface area contributed by atoms with E-state index in [-0.39, 0.29) is 12.1 Å². The summed E-state index contributed by atoms with van der Waals surface area (Å²) in [6, 6.07) is 9.29. The standard InChI is InChI=1S/C21H25F3N2O3/c1-14(2)29-17-10-8-16(9-11-17)7-6-15(3)25-19(27)13-26-12-4-5-18(20(26)28)21(22,23)24/h4-5,8-12,14-15H,6-7,13H2,1-3H3,(H,25,27). The third-order valence-electron chi connectivity index (χ3n) is 4.21. The van der Waals surface area contributed by atoms with Crippen LogP contribution in [0.1, 0.15) is 38.3 Å². The third-order valence-corrected chi connectivity index (χ3v) is 4.21. The van der Waals surface area contributed by atoms with Gasteiger partial charge in [-0.05, 0) is 63.4 Å². The number of nitrogens with one attached hydrogen (secondary N) is 1. The van der Waals surface area contributed by atoms with Crippen molar-refractivity contribution in [1.82, 2.24) is 9.88 Å². The quantitative estimate of drug-likeness (QED) is 0.720. The Morgan fingerprint density at radius 2 is 1.79 bits per heavy atom. The van der Waals surface area contributed by atoms with Crippen molar-refractivity contribution in [3.63, 3.8) is 0 Å². The van der Waals surface area contributed by atoms with Crippen LogP contribution in [0.25, 0.3) is 0 Å². The van der Waals surface area contributed by atoms with Gasteiger partial charge in [0.05, 0.1) is 6.10 Å². The molecule has 1 aromatic heterocycles. The lowest BCUT2D eigenvalue weighted by molar-refractivity contribution is -0.139. The van der Waals surface area contributed by atoms with Crippen LogP contribution in [0, 0.1) is 0 Å². The molecule has 0 fully saturated rings. The van der Waals surface area contributed by atoms with E-state index in [0.29, 0.717) is 18.9 Å². The fourth-order valence-electron chi connectivity index (χ4n) is 2.81. The Labute approximate surface area is 167 Å². The summed E-state index contributed by atoms with van der Waals surface area (Å²) in [5.74, 6) is 0.274. The predicted molar refractivity (Wildman–Crippen MR) is 104 cm³/mol. The first kappa shape index (κ1) is 22.5. The van der Waals surface area contributed by atoms with Gasteiger partial charge in [0.25, 0.3) is 5.56 Å². The molecule has 1 atom stereocenters. The highest BCUT2D eigenvalue weighted by Crippen LogP contribution is 2.25. The van der Waals surface area contributed by atoms with E-state index < -0.39 is 29.8 Å². The smallest absolute Gasteiger partial charge is 0.421 e. The van der Waals surface area contributed by atoms with Crippen LogP contribution in [0.5, 0.6) is 5.75 Å². The number of pyridine rings is 1. The van der Waals surface area contributed by atoms with Crippen LogP contribution >= 0.6 is 0 Å². The zero-order valence-corrected chi connectivity index (χ0v) is 16.6. The molecule has 0 bridgehead atoms. The van der Waals surface area contributed by atoms with Crippen LogP contribution in [0.2, 0.25) is 0 Å². The lowest BCUT2D eigenvalue weighted by atomic mass is 10.1. The summed E-state index contributed by atoms with van der Waals surface area (Å²) in [6.45, 7) is 5.24. The number of hydrogen-bond acceptors (Lipinski definition) is 3. The minimum atomic E-state index is -4.75. The number of nitrogens with zero attached hydrogens (tertiary/aromatic N) is 1. The Morgan fingerprint density at radius 3 is 2.38 bits per heavy atom. The van der Waals surface area contributed by atoms with E-state index >= 15 is 0 Å². The number of benzene rings is 1. The van der Waals surface area contributed by atoms with Gasteiger partial charge in [-0.2, -0.15) is 13.2 Å². The predicted octanol–water partition coefficient (Wildman–Crippen LogP) is 3.79. The van der Waals surface area contributed by atoms with E-state index in [4.69, 9.17) is 4.74 Å². The number of aryl methyl sites for hydroxylation is 1. The largest absolute Gasteiger partial charge is 0.491 e. The van der Waals surface area contributed by atoms with Crippen LogP contribution in [0.15, 0.2) is 47.4 Å². The monoisotopic (exact) mass is 410 g/mol. The second kappa shape index (κ2) is 9.62. The topological polar surface area (TPSA) is 60.3 Å². The fourth-order valence-corrected chi connectivity index (χ4v) is 2.81. The lowest BCUT2D eigenvalue weighted by Crippen LogP contribution is -2.38. The van der Waals surface area contributed by atoms with Crippen molar-refractivity contribution in [3.8, 4) is 5.75 Å². The maximum atomic E-state index is 12.8. The number of aromatic nitrogens is 1. The van der Waals surface area contributed by atoms with E-state index in [1.54, 1.807) is 0 Å². The molecule has 2 rings (SSSR count). The molecule has 5 nitrogen and oxygen atoms in total. The van der Waals surface area contributed by atoms with Crippen molar-refractivity contribution in [1.29, 1.82) is 0 Å². The Kier molecular flexibility index (Phi) is 7.47. The second-order valence-electron chi connectivity index (χ2n) is 7.17. The summed E-state index contributed by atoms with van der Waals surface area (Å²) < 4.78 is 44.8. The Morgan fingerprint density at radius 1 is 1.14 bits per heavy atom. The van der Waals surface area contributed by atoms with Crippen molar-refractivity contribution in [2.45, 2.75) is 58.5 Å². The number of rotatable bonds is 8. The molecule has 29 heavy (non-hydrogen) atoms. The first-order valence-electron chi connectivity index (χ1n) is 9.38. The first-order chi connectivity index (χ1) is 13.6. The van der Waals surface area contributed by atoms with Crippen LogP contribution in [0.3, 0.4) is 0 Å². The molecule has 0 aliphatic carbocycles. The van der Waals surface area contributed by atoms with Crippen molar-refractivity contribution in [2.24, 2.45) is 0 Å². The summed E-state index contributed by atoms with van der Waals surface area (Å²) in [7, 11) is 0. The molecule has 2 aromatic rings. The van der Waals surface area contributed by atoms with E-state index in [9.17, 15) is 22.8 Å². The Hall–Kier alpha value is -2.77. The molecule has 1 amide bonds. The van der Waals surface area contributed by atoms with Crippen molar-refractivity contribution < 1.29 is 22.7 Å². The van der Waals surface area contributed by atoms with Gasteiger partial charge in [0, 0.05) is 12.2 Å². The minimum absolute atomic E-state index is 0.0976. The molecular formula is C21H25F3N2O3. The van der Waals surface area contributed by atoms with Crippen molar-refractivity contribution in [3.05, 3.63) is 64.1 Å². The Bertz CT molecular complexity index is 874. The molecule has 1 heterocycles. The number of amides is 1. The van der Waals surface area contributed by atoms with Gasteiger partial charge in [0.2, 0.25) is 5.91 Å². The minimum Gasteiger partial charge on any atom is -0.491 e. The van der Waals surface area contributed by atoms with Crippen LogP contribution < -0.4 is 15.6 Å². The summed E-state index contributed by atoms with van der Waals surface area (Å²) >= 11 is 0. The molecule has 1 N–H and O–H groups in total. The van der Waals surface area contributed by atoms with Gasteiger partial charge >= 0.3 is 6.18 Å². The van der Waals surface area contributed by atoms with E-state index in [0.717, 1.165) is 21.9 Å². The number of carbonyl (C=O) groups is 1. The second-order valence-corrected chi connectivity index (χ2v) is 7.17. The molecule has 0 saturated carbocycles. The maximum Gasteiger partial charge on any atom is 0.421 e. The molecule has 0 spiro atoms. The summed E-state index contributed by atoms with van der Waals surface area (Å²) in [6.07, 6.45) is -2.12. The summed E-state index contributed by atoms with van der Waals surface area (Å²) in [5.41, 5.74) is -1.44. The van der Waals surface area contributed by atoms with E-state index in [1.807, 2.05) is 45.0 Å². The van der Waals surface area contributed by atoms with Gasteiger partial charge in [-0.25, -0.2) is 0 Å². The summed E-state index contributed by atoms with van der Waals surface area (Å²) in [5, 5.41) is 2.72. The van der Waals surface area contributed by atoms with Gasteiger partial charge in [-0.15, -0.1) is 0 Å². The zero-order valence-electron chi connectivity index (χ0n) is 16.6. The molecule has 0 radical (unpaired) electrons. The Balaban J connectivity index is 1.87. The van der Waals surface area contributed by atoms with Gasteiger partial charge < -0.3 is 14.6 Å². The van der Waals surface area contributed by atoms with Gasteiger partial charge in [0.15, 0.2) is 0 Å². The fraction of sp³-hybridized carbons (Fsp3) is 0.429. The highest BCUT2D eigenvalue weighted by Gasteiger charge is 2.34. The maximum absolute atomic E-state index is 12.8. The normalized spacial score (nSPS) is 12.7. The third kappa shape index (κ3) is 6.96. The van der Waals surface area contributed by atoms with Crippen LogP contribution in [-0.2, 0) is 23.9 Å². The molecule has 158 valence electrons. The van der Waals surface area contributed by atoms with Crippen LogP contribution in [0.4, 0.5) is 13.2 Å². The SMILES string of the molecule is CC(CCc1ccc(OC(C)C)cc1)NC(=O)Cn1cccc(C(F)(F)F)c1=O. The molecule has 0 aliphatic rings. The van der Waals surface area contributed by atoms with Gasteiger partial charge in [-0.3, -0.25) is 9.59 Å². The number of halogens is 3. The number of ether oxygens (including phenoxy) is 1. The zero-order chi connectivity index (χ0) is 21.6. The molecule has 1 aromatic carbocycles. The molecule has 0 saturated heterocycles. The van der Waals surface area contributed by atoms with Gasteiger partial charge in [-0.1, -0.05) is 12.1 Å². The molecule has 8 heteroatoms. The van der Waals surface area contributed by atoms with Crippen LogP contribution in [-0.4, -0.2) is 22.6 Å². The van der Waals surface area contributed by atoms with Crippen molar-refractivity contribution in [2.75, 3.05) is 0 Å². The summed E-state index contributed by atoms with van der Waals surface area (Å²) in [4.78, 5) is 24.0. The number of carbonyl (C=O) groups excluding carboxylic acids is 1. The number of hydrogen-bond donors (Lipinski definition) is 1. The van der Waals surface area contributed by atoms with Crippen molar-refractivity contribution >= 4 is 5.91 Å². The van der Waals surface area contributed by atoms with E-state index in [2.05, 4.69) is 5.32 Å². The molecule has 1 unspecified atom stereocenters. The van der Waals surface area contributed by atoms with Gasteiger partial charge in [0.1, 0.15) is 17.9 Å². The average molecular weight is 410 g/mol. The molecular weight excluding hydrogens is 385 g/mol. The lowest BCUT2D eigenvalue weighted by Gasteiger charge is -2.15. The first-order valence-corrected chi connectivity index (χ1v) is 9.38. The molecule has 0 aliphatic heterocycles. The van der Waals surface area contributed by atoms with E-state index in [1.165, 1.54) is 6.20 Å². The highest BCUT2D eigenvalue weighted by molar-refractivity contribution is 5.76. The number of alkyl halides is 3.